The molecule has 0 spiro atoms. The van der Waals surface area contributed by atoms with Gasteiger partial charge >= 0.3 is 0 Å². The summed E-state index contributed by atoms with van der Waals surface area (Å²) in [6.45, 7) is 6.39. The fourth-order valence-corrected chi connectivity index (χ4v) is 4.73. The number of benzene rings is 3. The normalized spacial score (nSPS) is 11.1. The lowest BCUT2D eigenvalue weighted by atomic mass is 10.1. The minimum Gasteiger partial charge on any atom is -0.493 e. The highest BCUT2D eigenvalue weighted by atomic mass is 35.5. The zero-order valence-corrected chi connectivity index (χ0v) is 22.6. The maximum Gasteiger partial charge on any atom is 0.224 e. The van der Waals surface area contributed by atoms with E-state index in [9.17, 15) is 4.79 Å². The van der Waals surface area contributed by atoms with Gasteiger partial charge in [-0.25, -0.2) is 4.98 Å². The highest BCUT2D eigenvalue weighted by molar-refractivity contribution is 6.31. The van der Waals surface area contributed by atoms with Crippen LogP contribution < -0.4 is 10.1 Å². The molecular weight excluding hydrogens is 482 g/mol. The van der Waals surface area contributed by atoms with E-state index in [4.69, 9.17) is 21.3 Å². The Bertz CT molecular complexity index is 1330. The molecule has 0 unspecified atom stereocenters. The first-order chi connectivity index (χ1) is 18.0. The summed E-state index contributed by atoms with van der Waals surface area (Å²) in [6, 6.07) is 22.1. The van der Waals surface area contributed by atoms with Gasteiger partial charge in [0.05, 0.1) is 24.1 Å². The molecule has 4 aromatic rings. The highest BCUT2D eigenvalue weighted by Gasteiger charge is 2.11. The molecule has 0 aliphatic rings. The Morgan fingerprint density at radius 1 is 0.973 bits per heavy atom. The largest absolute Gasteiger partial charge is 0.493 e. The third-order valence-corrected chi connectivity index (χ3v) is 6.94. The van der Waals surface area contributed by atoms with Crippen LogP contribution in [0.15, 0.2) is 66.7 Å². The summed E-state index contributed by atoms with van der Waals surface area (Å²) in [6.07, 6.45) is 5.15. The van der Waals surface area contributed by atoms with Gasteiger partial charge in [-0.2, -0.15) is 0 Å². The molecule has 6 heteroatoms. The van der Waals surface area contributed by atoms with Gasteiger partial charge in [0.2, 0.25) is 5.91 Å². The molecule has 1 heterocycles. The summed E-state index contributed by atoms with van der Waals surface area (Å²) in [5, 5.41) is 3.65. The second kappa shape index (κ2) is 13.3. The standard InChI is InChI=1S/C31H36ClN3O2/c1-23-16-17-24(2)29(21-23)37-20-10-19-35-28-14-8-7-13-27(28)34-30(35)15-4-3-9-18-33-31(36)22-25-11-5-6-12-26(25)32/h5-8,11-14,16-17,21H,3-4,9-10,15,18-20,22H2,1-2H3,(H,33,36). The molecule has 0 saturated carbocycles. The lowest BCUT2D eigenvalue weighted by Gasteiger charge is -2.12. The van der Waals surface area contributed by atoms with Crippen molar-refractivity contribution >= 4 is 28.5 Å². The number of para-hydroxylation sites is 2. The number of carbonyl (C=O) groups excluding carboxylic acids is 1. The maximum atomic E-state index is 12.2. The van der Waals surface area contributed by atoms with Gasteiger partial charge in [0.15, 0.2) is 0 Å². The van der Waals surface area contributed by atoms with Gasteiger partial charge in [0.1, 0.15) is 11.6 Å². The van der Waals surface area contributed by atoms with E-state index in [0.29, 0.717) is 24.6 Å². The quantitative estimate of drug-likeness (QED) is 0.197. The molecule has 4 rings (SSSR count). The first-order valence-corrected chi connectivity index (χ1v) is 13.5. The fraction of sp³-hybridized carbons (Fsp3) is 0.355. The van der Waals surface area contributed by atoms with Gasteiger partial charge < -0.3 is 14.6 Å². The van der Waals surface area contributed by atoms with Crippen LogP contribution in [-0.2, 0) is 24.2 Å². The number of hydrogen-bond acceptors (Lipinski definition) is 3. The average molecular weight is 518 g/mol. The molecule has 37 heavy (non-hydrogen) atoms. The second-order valence-corrected chi connectivity index (χ2v) is 9.98. The molecule has 0 radical (unpaired) electrons. The molecule has 1 N–H and O–H groups in total. The third kappa shape index (κ3) is 7.59. The van der Waals surface area contributed by atoms with Crippen LogP contribution in [0.2, 0.25) is 5.02 Å². The van der Waals surface area contributed by atoms with E-state index in [2.05, 4.69) is 60.1 Å². The molecule has 3 aromatic carbocycles. The number of hydrogen-bond donors (Lipinski definition) is 1. The lowest BCUT2D eigenvalue weighted by Crippen LogP contribution is -2.26. The number of aromatic nitrogens is 2. The fourth-order valence-electron chi connectivity index (χ4n) is 4.52. The van der Waals surface area contributed by atoms with Crippen LogP contribution in [-0.4, -0.2) is 28.6 Å². The molecule has 0 fully saturated rings. The Balaban J connectivity index is 1.23. The number of carbonyl (C=O) groups is 1. The number of imidazole rings is 1. The molecule has 0 aliphatic heterocycles. The average Bonchev–Trinajstić information content (AvgIpc) is 3.24. The number of ether oxygens (including phenoxy) is 1. The predicted molar refractivity (Wildman–Crippen MR) is 151 cm³/mol. The number of amides is 1. The van der Waals surface area contributed by atoms with Crippen molar-refractivity contribution in [1.82, 2.24) is 14.9 Å². The van der Waals surface area contributed by atoms with Crippen molar-refractivity contribution in [1.29, 1.82) is 0 Å². The molecule has 0 saturated heterocycles. The van der Waals surface area contributed by atoms with Gasteiger partial charge in [0.25, 0.3) is 0 Å². The van der Waals surface area contributed by atoms with Crippen LogP contribution in [0.3, 0.4) is 0 Å². The van der Waals surface area contributed by atoms with E-state index in [0.717, 1.165) is 61.3 Å². The van der Waals surface area contributed by atoms with Crippen molar-refractivity contribution in [2.75, 3.05) is 13.2 Å². The molecule has 0 aliphatic carbocycles. The van der Waals surface area contributed by atoms with Crippen LogP contribution in [0.4, 0.5) is 0 Å². The number of aryl methyl sites for hydroxylation is 4. The van der Waals surface area contributed by atoms with Crippen LogP contribution in [0.5, 0.6) is 5.75 Å². The summed E-state index contributed by atoms with van der Waals surface area (Å²) in [4.78, 5) is 17.1. The van der Waals surface area contributed by atoms with Crippen LogP contribution in [0.1, 0.15) is 48.2 Å². The highest BCUT2D eigenvalue weighted by Crippen LogP contribution is 2.21. The number of nitrogens with one attached hydrogen (secondary N) is 1. The Labute approximate surface area is 224 Å². The van der Waals surface area contributed by atoms with E-state index in [1.165, 1.54) is 16.6 Å². The van der Waals surface area contributed by atoms with Crippen molar-refractivity contribution < 1.29 is 9.53 Å². The first kappa shape index (κ1) is 26.7. The van der Waals surface area contributed by atoms with Crippen LogP contribution in [0, 0.1) is 13.8 Å². The number of unbranched alkanes of at least 4 members (excludes halogenated alkanes) is 2. The van der Waals surface area contributed by atoms with Gasteiger partial charge in [-0.3, -0.25) is 4.79 Å². The number of halogens is 1. The molecule has 1 amide bonds. The molecule has 194 valence electrons. The van der Waals surface area contributed by atoms with E-state index in [-0.39, 0.29) is 5.91 Å². The number of nitrogens with zero attached hydrogens (tertiary/aromatic N) is 2. The van der Waals surface area contributed by atoms with Crippen molar-refractivity contribution in [3.8, 4) is 5.75 Å². The first-order valence-electron chi connectivity index (χ1n) is 13.2. The third-order valence-electron chi connectivity index (χ3n) is 6.57. The summed E-state index contributed by atoms with van der Waals surface area (Å²) in [5.41, 5.74) is 5.46. The molecule has 0 bridgehead atoms. The lowest BCUT2D eigenvalue weighted by molar-refractivity contribution is -0.120. The minimum absolute atomic E-state index is 0.0120. The van der Waals surface area contributed by atoms with E-state index >= 15 is 0 Å². The van der Waals surface area contributed by atoms with Gasteiger partial charge in [0, 0.05) is 24.5 Å². The molecule has 1 aromatic heterocycles. The summed E-state index contributed by atoms with van der Waals surface area (Å²) < 4.78 is 8.42. The zero-order valence-electron chi connectivity index (χ0n) is 21.8. The maximum absolute atomic E-state index is 12.2. The Morgan fingerprint density at radius 3 is 2.65 bits per heavy atom. The van der Waals surface area contributed by atoms with Crippen LogP contribution >= 0.6 is 11.6 Å². The summed E-state index contributed by atoms with van der Waals surface area (Å²) in [5.74, 6) is 2.10. The predicted octanol–water partition coefficient (Wildman–Crippen LogP) is 6.85. The second-order valence-electron chi connectivity index (χ2n) is 9.57. The molecular formula is C31H36ClN3O2. The summed E-state index contributed by atoms with van der Waals surface area (Å²) >= 11 is 6.16. The van der Waals surface area contributed by atoms with Crippen molar-refractivity contribution in [3.05, 3.63) is 94.3 Å². The van der Waals surface area contributed by atoms with Crippen molar-refractivity contribution in [3.63, 3.8) is 0 Å². The van der Waals surface area contributed by atoms with E-state index in [1.54, 1.807) is 0 Å². The van der Waals surface area contributed by atoms with Crippen molar-refractivity contribution in [2.45, 2.75) is 58.9 Å². The van der Waals surface area contributed by atoms with Crippen LogP contribution in [0.25, 0.3) is 11.0 Å². The smallest absolute Gasteiger partial charge is 0.224 e. The Morgan fingerprint density at radius 2 is 1.78 bits per heavy atom. The van der Waals surface area contributed by atoms with Gasteiger partial charge in [-0.1, -0.05) is 60.5 Å². The Hall–Kier alpha value is -3.31. The number of fused-ring (bicyclic) bond motifs is 1. The zero-order chi connectivity index (χ0) is 26.0. The van der Waals surface area contributed by atoms with Crippen molar-refractivity contribution in [2.24, 2.45) is 0 Å². The van der Waals surface area contributed by atoms with Gasteiger partial charge in [-0.05, 0) is 74.1 Å². The van der Waals surface area contributed by atoms with E-state index in [1.807, 2.05) is 30.3 Å². The number of rotatable bonds is 13. The molecule has 0 atom stereocenters. The monoisotopic (exact) mass is 517 g/mol. The molecule has 5 nitrogen and oxygen atoms in total. The van der Waals surface area contributed by atoms with E-state index < -0.39 is 0 Å². The Kier molecular flexibility index (Phi) is 9.61. The minimum atomic E-state index is 0.0120. The summed E-state index contributed by atoms with van der Waals surface area (Å²) in [7, 11) is 0. The SMILES string of the molecule is Cc1ccc(C)c(OCCCn2c(CCCCCNC(=O)Cc3ccccc3Cl)nc3ccccc32)c1. The topological polar surface area (TPSA) is 56.1 Å². The van der Waals surface area contributed by atoms with Gasteiger partial charge in [-0.15, -0.1) is 0 Å².